The van der Waals surface area contributed by atoms with E-state index in [-0.39, 0.29) is 36.2 Å². The zero-order valence-corrected chi connectivity index (χ0v) is 18.8. The maximum absolute atomic E-state index is 13.1. The summed E-state index contributed by atoms with van der Waals surface area (Å²) in [4.78, 5) is 39.6. The molecule has 2 N–H and O–H groups in total. The van der Waals surface area contributed by atoms with E-state index in [9.17, 15) is 14.4 Å². The second-order valence-corrected chi connectivity index (χ2v) is 9.55. The summed E-state index contributed by atoms with van der Waals surface area (Å²) >= 11 is 0. The van der Waals surface area contributed by atoms with Gasteiger partial charge in [-0.05, 0) is 41.7 Å². The van der Waals surface area contributed by atoms with E-state index < -0.39 is 11.6 Å². The van der Waals surface area contributed by atoms with E-state index >= 15 is 0 Å². The predicted molar refractivity (Wildman–Crippen MR) is 117 cm³/mol. The molecule has 0 radical (unpaired) electrons. The van der Waals surface area contributed by atoms with E-state index in [0.29, 0.717) is 12.3 Å². The Morgan fingerprint density at radius 3 is 2.33 bits per heavy atom. The molecule has 2 fully saturated rings. The Morgan fingerprint density at radius 2 is 1.77 bits per heavy atom. The predicted octanol–water partition coefficient (Wildman–Crippen LogP) is 4.12. The summed E-state index contributed by atoms with van der Waals surface area (Å²) in [6.07, 6.45) is 3.54. The number of nitrogens with zero attached hydrogens (tertiary/aromatic N) is 1. The van der Waals surface area contributed by atoms with Crippen LogP contribution >= 0.6 is 0 Å². The van der Waals surface area contributed by atoms with Crippen LogP contribution in [0.2, 0.25) is 0 Å². The van der Waals surface area contributed by atoms with Crippen molar-refractivity contribution in [2.24, 2.45) is 11.8 Å². The maximum Gasteiger partial charge on any atom is 0.325 e. The molecular weight excluding hydrogens is 378 g/mol. The van der Waals surface area contributed by atoms with E-state index in [2.05, 4.69) is 36.6 Å². The van der Waals surface area contributed by atoms with Crippen LogP contribution in [0.1, 0.15) is 83.4 Å². The van der Waals surface area contributed by atoms with Crippen molar-refractivity contribution in [2.75, 3.05) is 6.54 Å². The fourth-order valence-electron chi connectivity index (χ4n) is 4.72. The lowest BCUT2D eigenvalue weighted by Gasteiger charge is -2.36. The van der Waals surface area contributed by atoms with Gasteiger partial charge in [0.05, 0.1) is 6.04 Å². The Balaban J connectivity index is 1.70. The van der Waals surface area contributed by atoms with Crippen molar-refractivity contribution < 1.29 is 14.4 Å². The average Bonchev–Trinajstić information content (AvgIpc) is 2.93. The van der Waals surface area contributed by atoms with Crippen molar-refractivity contribution >= 4 is 17.8 Å². The number of imide groups is 1. The molecule has 0 unspecified atom stereocenters. The first-order chi connectivity index (χ1) is 14.2. The van der Waals surface area contributed by atoms with Crippen LogP contribution in [-0.4, -0.2) is 34.8 Å². The van der Waals surface area contributed by atoms with Crippen molar-refractivity contribution in [1.29, 1.82) is 0 Å². The molecule has 164 valence electrons. The molecule has 1 spiro atoms. The molecule has 0 aromatic heterocycles. The lowest BCUT2D eigenvalue weighted by Crippen LogP contribution is -2.54. The third kappa shape index (κ3) is 4.23. The van der Waals surface area contributed by atoms with Gasteiger partial charge < -0.3 is 10.6 Å². The van der Waals surface area contributed by atoms with E-state index in [4.69, 9.17) is 0 Å². The van der Waals surface area contributed by atoms with Crippen LogP contribution in [0.15, 0.2) is 24.3 Å². The summed E-state index contributed by atoms with van der Waals surface area (Å²) in [6.45, 7) is 10.2. The molecule has 4 amide bonds. The molecule has 30 heavy (non-hydrogen) atoms. The molecule has 3 atom stereocenters. The van der Waals surface area contributed by atoms with E-state index in [1.807, 2.05) is 32.9 Å². The number of hydrogen-bond donors (Lipinski definition) is 2. The first-order valence-electron chi connectivity index (χ1n) is 11.2. The monoisotopic (exact) mass is 413 g/mol. The first-order valence-corrected chi connectivity index (χ1v) is 11.2. The second kappa shape index (κ2) is 8.78. The summed E-state index contributed by atoms with van der Waals surface area (Å²) in [5.41, 5.74) is 1.44. The summed E-state index contributed by atoms with van der Waals surface area (Å²) in [5.74, 6) is 0.133. The van der Waals surface area contributed by atoms with E-state index in [1.165, 1.54) is 5.56 Å². The minimum atomic E-state index is -0.834. The number of carbonyl (C=O) groups is 3. The Bertz CT molecular complexity index is 802. The number of rotatable bonds is 6. The van der Waals surface area contributed by atoms with Crippen LogP contribution < -0.4 is 10.6 Å². The number of amides is 4. The Hall–Kier alpha value is -2.37. The van der Waals surface area contributed by atoms with Crippen LogP contribution in [0.5, 0.6) is 0 Å². The number of benzene rings is 1. The molecule has 0 bridgehead atoms. The van der Waals surface area contributed by atoms with Crippen molar-refractivity contribution in [3.05, 3.63) is 35.4 Å². The van der Waals surface area contributed by atoms with Gasteiger partial charge in [-0.1, -0.05) is 71.7 Å². The molecule has 1 aromatic carbocycles. The molecule has 1 heterocycles. The highest BCUT2D eigenvalue weighted by Crippen LogP contribution is 2.38. The molecule has 1 aromatic rings. The second-order valence-electron chi connectivity index (χ2n) is 9.55. The smallest absolute Gasteiger partial charge is 0.325 e. The Labute approximate surface area is 179 Å². The molecule has 6 nitrogen and oxygen atoms in total. The van der Waals surface area contributed by atoms with Crippen LogP contribution in [0.3, 0.4) is 0 Å². The zero-order chi connectivity index (χ0) is 22.1. The van der Waals surface area contributed by atoms with Gasteiger partial charge >= 0.3 is 6.03 Å². The van der Waals surface area contributed by atoms with Crippen LogP contribution in [0, 0.1) is 11.8 Å². The van der Waals surface area contributed by atoms with Gasteiger partial charge in [0.2, 0.25) is 5.91 Å². The van der Waals surface area contributed by atoms with Gasteiger partial charge in [0.1, 0.15) is 12.1 Å². The summed E-state index contributed by atoms with van der Waals surface area (Å²) < 4.78 is 0. The molecule has 1 aliphatic carbocycles. The van der Waals surface area contributed by atoms with Gasteiger partial charge in [0.15, 0.2) is 0 Å². The number of hydrogen-bond acceptors (Lipinski definition) is 3. The largest absolute Gasteiger partial charge is 0.347 e. The molecule has 1 saturated carbocycles. The number of nitrogens with one attached hydrogen (secondary N) is 2. The minimum Gasteiger partial charge on any atom is -0.347 e. The molecule has 3 rings (SSSR count). The van der Waals surface area contributed by atoms with Crippen molar-refractivity contribution in [2.45, 2.75) is 77.8 Å². The summed E-state index contributed by atoms with van der Waals surface area (Å²) in [5, 5.41) is 5.95. The Morgan fingerprint density at radius 1 is 1.13 bits per heavy atom. The molecular formula is C24H35N3O3. The van der Waals surface area contributed by atoms with E-state index in [1.54, 1.807) is 0 Å². The first kappa shape index (κ1) is 22.3. The third-order valence-corrected chi connectivity index (χ3v) is 6.75. The number of carbonyl (C=O) groups excluding carboxylic acids is 3. The SMILES string of the molecule is CC(C)c1ccc([C@H](NC(=O)CN2C(=O)N[C@@]3(CCCC[C@H]3C)C2=O)C(C)C)cc1. The number of urea groups is 1. The fraction of sp³-hybridized carbons (Fsp3) is 0.625. The van der Waals surface area contributed by atoms with Crippen molar-refractivity contribution in [3.8, 4) is 0 Å². The van der Waals surface area contributed by atoms with Crippen LogP contribution in [0.25, 0.3) is 0 Å². The normalized spacial score (nSPS) is 25.2. The maximum atomic E-state index is 13.1. The van der Waals surface area contributed by atoms with Crippen LogP contribution in [0.4, 0.5) is 4.79 Å². The quantitative estimate of drug-likeness (QED) is 0.689. The highest BCUT2D eigenvalue weighted by molar-refractivity contribution is 6.09. The Kier molecular flexibility index (Phi) is 6.53. The third-order valence-electron chi connectivity index (χ3n) is 6.75. The van der Waals surface area contributed by atoms with Gasteiger partial charge in [-0.25, -0.2) is 4.79 Å². The topological polar surface area (TPSA) is 78.5 Å². The van der Waals surface area contributed by atoms with Gasteiger partial charge in [-0.2, -0.15) is 0 Å². The standard InChI is InChI=1S/C24H35N3O3/c1-15(2)18-9-11-19(12-10-18)21(16(3)4)25-20(28)14-27-22(29)24(26-23(27)30)13-7-6-8-17(24)5/h9-12,15-17,21H,6-8,13-14H2,1-5H3,(H,25,28)(H,26,30)/t17-,21-,24-/m1/s1. The highest BCUT2D eigenvalue weighted by Gasteiger charge is 2.55. The molecule has 6 heteroatoms. The van der Waals surface area contributed by atoms with Gasteiger partial charge in [0, 0.05) is 0 Å². The fourth-order valence-corrected chi connectivity index (χ4v) is 4.72. The summed E-state index contributed by atoms with van der Waals surface area (Å²) in [7, 11) is 0. The minimum absolute atomic E-state index is 0.0821. The molecule has 1 aliphatic heterocycles. The average molecular weight is 414 g/mol. The summed E-state index contributed by atoms with van der Waals surface area (Å²) in [6, 6.07) is 7.65. The highest BCUT2D eigenvalue weighted by atomic mass is 16.2. The lowest BCUT2D eigenvalue weighted by molar-refractivity contribution is -0.137. The lowest BCUT2D eigenvalue weighted by atomic mass is 9.73. The molecule has 2 aliphatic rings. The van der Waals surface area contributed by atoms with E-state index in [0.717, 1.165) is 29.7 Å². The van der Waals surface area contributed by atoms with Crippen molar-refractivity contribution in [1.82, 2.24) is 15.5 Å². The van der Waals surface area contributed by atoms with Gasteiger partial charge in [0.25, 0.3) is 5.91 Å². The van der Waals surface area contributed by atoms with Gasteiger partial charge in [-0.15, -0.1) is 0 Å². The van der Waals surface area contributed by atoms with Crippen LogP contribution in [-0.2, 0) is 9.59 Å². The molecule has 1 saturated heterocycles. The van der Waals surface area contributed by atoms with Crippen molar-refractivity contribution in [3.63, 3.8) is 0 Å². The van der Waals surface area contributed by atoms with Gasteiger partial charge in [-0.3, -0.25) is 14.5 Å². The zero-order valence-electron chi connectivity index (χ0n) is 18.8.